The highest BCUT2D eigenvalue weighted by molar-refractivity contribution is 5.23. The van der Waals surface area contributed by atoms with Crippen LogP contribution in [0.5, 0.6) is 0 Å². The minimum absolute atomic E-state index is 0.398. The third kappa shape index (κ3) is 2.94. The van der Waals surface area contributed by atoms with Gasteiger partial charge in [0.25, 0.3) is 0 Å². The van der Waals surface area contributed by atoms with E-state index >= 15 is 0 Å². The van der Waals surface area contributed by atoms with Gasteiger partial charge in [0, 0.05) is 18.9 Å². The van der Waals surface area contributed by atoms with E-state index in [0.717, 1.165) is 24.1 Å². The first-order valence-corrected chi connectivity index (χ1v) is 5.88. The predicted octanol–water partition coefficient (Wildman–Crippen LogP) is 2.39. The molecule has 0 spiro atoms. The van der Waals surface area contributed by atoms with Crippen molar-refractivity contribution in [2.45, 2.75) is 25.9 Å². The molecule has 17 heavy (non-hydrogen) atoms. The van der Waals surface area contributed by atoms with Crippen LogP contribution >= 0.6 is 0 Å². The molecule has 1 heterocycles. The Morgan fingerprint density at radius 2 is 1.94 bits per heavy atom. The summed E-state index contributed by atoms with van der Waals surface area (Å²) in [5.41, 5.74) is 3.35. The molecule has 2 aromatic rings. The Morgan fingerprint density at radius 3 is 2.53 bits per heavy atom. The molecule has 1 unspecified atom stereocenters. The molecule has 2 rings (SSSR count). The lowest BCUT2D eigenvalue weighted by Crippen LogP contribution is -2.03. The molecule has 1 atom stereocenters. The molecule has 0 aliphatic rings. The summed E-state index contributed by atoms with van der Waals surface area (Å²) in [5.74, 6) is 0. The van der Waals surface area contributed by atoms with Gasteiger partial charge in [0.1, 0.15) is 0 Å². The Kier molecular flexibility index (Phi) is 3.59. The van der Waals surface area contributed by atoms with E-state index < -0.39 is 6.10 Å². The van der Waals surface area contributed by atoms with Gasteiger partial charge >= 0.3 is 0 Å². The summed E-state index contributed by atoms with van der Waals surface area (Å²) in [6, 6.07) is 10.0. The van der Waals surface area contributed by atoms with E-state index in [-0.39, 0.29) is 0 Å². The zero-order valence-electron chi connectivity index (χ0n) is 10.3. The van der Waals surface area contributed by atoms with Crippen molar-refractivity contribution >= 4 is 0 Å². The Hall–Kier alpha value is -1.61. The highest BCUT2D eigenvalue weighted by Gasteiger charge is 2.08. The summed E-state index contributed by atoms with van der Waals surface area (Å²) in [7, 11) is 1.92. The van der Waals surface area contributed by atoms with E-state index in [9.17, 15) is 5.11 Å². The third-order valence-electron chi connectivity index (χ3n) is 3.06. The molecular formula is C14H18N2O. The van der Waals surface area contributed by atoms with Crippen LogP contribution in [-0.4, -0.2) is 14.9 Å². The molecule has 0 fully saturated rings. The fraction of sp³-hybridized carbons (Fsp3) is 0.357. The first-order chi connectivity index (χ1) is 8.16. The lowest BCUT2D eigenvalue weighted by Gasteiger charge is -2.11. The number of aliphatic hydroxyl groups is 1. The SMILES string of the molecule is Cc1ccc(C(O)CCc2ccnn2C)cc1. The van der Waals surface area contributed by atoms with Gasteiger partial charge in [-0.05, 0) is 31.4 Å². The van der Waals surface area contributed by atoms with Crippen molar-refractivity contribution in [2.75, 3.05) is 0 Å². The summed E-state index contributed by atoms with van der Waals surface area (Å²) < 4.78 is 1.85. The number of hydrogen-bond acceptors (Lipinski definition) is 2. The van der Waals surface area contributed by atoms with Gasteiger partial charge in [0.15, 0.2) is 0 Å². The number of hydrogen-bond donors (Lipinski definition) is 1. The van der Waals surface area contributed by atoms with Crippen LogP contribution in [0.4, 0.5) is 0 Å². The van der Waals surface area contributed by atoms with Crippen molar-refractivity contribution < 1.29 is 5.11 Å². The number of nitrogens with zero attached hydrogens (tertiary/aromatic N) is 2. The van der Waals surface area contributed by atoms with Crippen LogP contribution in [0, 0.1) is 6.92 Å². The fourth-order valence-corrected chi connectivity index (χ4v) is 1.89. The van der Waals surface area contributed by atoms with Gasteiger partial charge in [-0.2, -0.15) is 5.10 Å². The molecule has 3 nitrogen and oxygen atoms in total. The minimum atomic E-state index is -0.398. The van der Waals surface area contributed by atoms with E-state index in [1.165, 1.54) is 5.56 Å². The second kappa shape index (κ2) is 5.15. The molecule has 0 saturated carbocycles. The van der Waals surface area contributed by atoms with Crippen LogP contribution in [0.15, 0.2) is 36.5 Å². The number of aromatic nitrogens is 2. The summed E-state index contributed by atoms with van der Waals surface area (Å²) >= 11 is 0. The molecule has 0 saturated heterocycles. The zero-order valence-corrected chi connectivity index (χ0v) is 10.3. The van der Waals surface area contributed by atoms with Gasteiger partial charge in [-0.3, -0.25) is 4.68 Å². The largest absolute Gasteiger partial charge is 0.388 e. The molecule has 3 heteroatoms. The highest BCUT2D eigenvalue weighted by atomic mass is 16.3. The first kappa shape index (κ1) is 11.9. The van der Waals surface area contributed by atoms with Crippen molar-refractivity contribution in [2.24, 2.45) is 7.05 Å². The topological polar surface area (TPSA) is 38.1 Å². The van der Waals surface area contributed by atoms with Gasteiger partial charge in [-0.1, -0.05) is 29.8 Å². The van der Waals surface area contributed by atoms with Crippen molar-refractivity contribution in [3.05, 3.63) is 53.3 Å². The average Bonchev–Trinajstić information content (AvgIpc) is 2.73. The lowest BCUT2D eigenvalue weighted by atomic mass is 10.0. The van der Waals surface area contributed by atoms with E-state index in [4.69, 9.17) is 0 Å². The maximum absolute atomic E-state index is 10.1. The molecule has 90 valence electrons. The average molecular weight is 230 g/mol. The van der Waals surface area contributed by atoms with E-state index in [0.29, 0.717) is 0 Å². The predicted molar refractivity (Wildman–Crippen MR) is 67.7 cm³/mol. The van der Waals surface area contributed by atoms with E-state index in [1.54, 1.807) is 6.20 Å². The van der Waals surface area contributed by atoms with Crippen LogP contribution < -0.4 is 0 Å². The number of aliphatic hydroxyl groups excluding tert-OH is 1. The smallest absolute Gasteiger partial charge is 0.0793 e. The maximum Gasteiger partial charge on any atom is 0.0793 e. The molecule has 0 radical (unpaired) electrons. The molecule has 0 aliphatic heterocycles. The Morgan fingerprint density at radius 1 is 1.24 bits per heavy atom. The molecule has 0 amide bonds. The van der Waals surface area contributed by atoms with Crippen LogP contribution in [0.25, 0.3) is 0 Å². The van der Waals surface area contributed by atoms with Crippen molar-refractivity contribution in [1.82, 2.24) is 9.78 Å². The standard InChI is InChI=1S/C14H18N2O/c1-11-3-5-12(6-4-11)14(17)8-7-13-9-10-15-16(13)2/h3-6,9-10,14,17H,7-8H2,1-2H3. The zero-order chi connectivity index (χ0) is 12.3. The van der Waals surface area contributed by atoms with Gasteiger partial charge in [0.2, 0.25) is 0 Å². The Labute approximate surface area is 102 Å². The summed E-state index contributed by atoms with van der Waals surface area (Å²) in [5, 5.41) is 14.2. The summed E-state index contributed by atoms with van der Waals surface area (Å²) in [4.78, 5) is 0. The molecule has 0 aliphatic carbocycles. The Balaban J connectivity index is 1.95. The first-order valence-electron chi connectivity index (χ1n) is 5.88. The fourth-order valence-electron chi connectivity index (χ4n) is 1.89. The third-order valence-corrected chi connectivity index (χ3v) is 3.06. The van der Waals surface area contributed by atoms with Gasteiger partial charge < -0.3 is 5.11 Å². The number of aryl methyl sites for hydroxylation is 3. The molecule has 0 bridgehead atoms. The van der Waals surface area contributed by atoms with Gasteiger partial charge in [-0.15, -0.1) is 0 Å². The lowest BCUT2D eigenvalue weighted by molar-refractivity contribution is 0.167. The van der Waals surface area contributed by atoms with Crippen molar-refractivity contribution in [3.63, 3.8) is 0 Å². The van der Waals surface area contributed by atoms with Crippen LogP contribution in [0.3, 0.4) is 0 Å². The second-order valence-electron chi connectivity index (χ2n) is 4.41. The van der Waals surface area contributed by atoms with Crippen molar-refractivity contribution in [1.29, 1.82) is 0 Å². The van der Waals surface area contributed by atoms with E-state index in [2.05, 4.69) is 5.10 Å². The number of rotatable bonds is 4. The second-order valence-corrected chi connectivity index (χ2v) is 4.41. The minimum Gasteiger partial charge on any atom is -0.388 e. The Bertz CT molecular complexity index is 473. The van der Waals surface area contributed by atoms with Crippen LogP contribution in [0.2, 0.25) is 0 Å². The maximum atomic E-state index is 10.1. The molecular weight excluding hydrogens is 212 g/mol. The van der Waals surface area contributed by atoms with Crippen LogP contribution in [-0.2, 0) is 13.5 Å². The molecule has 1 N–H and O–H groups in total. The van der Waals surface area contributed by atoms with Gasteiger partial charge in [-0.25, -0.2) is 0 Å². The van der Waals surface area contributed by atoms with E-state index in [1.807, 2.05) is 49.0 Å². The normalized spacial score (nSPS) is 12.6. The summed E-state index contributed by atoms with van der Waals surface area (Å²) in [6.07, 6.45) is 2.95. The van der Waals surface area contributed by atoms with Gasteiger partial charge in [0.05, 0.1) is 6.10 Å². The molecule has 1 aromatic carbocycles. The van der Waals surface area contributed by atoms with Crippen molar-refractivity contribution in [3.8, 4) is 0 Å². The molecule has 1 aromatic heterocycles. The van der Waals surface area contributed by atoms with Crippen LogP contribution in [0.1, 0.15) is 29.3 Å². The summed E-state index contributed by atoms with van der Waals surface area (Å²) in [6.45, 7) is 2.05. The monoisotopic (exact) mass is 230 g/mol. The quantitative estimate of drug-likeness (QED) is 0.875. The number of benzene rings is 1. The highest BCUT2D eigenvalue weighted by Crippen LogP contribution is 2.19.